The molecule has 0 spiro atoms. The van der Waals surface area contributed by atoms with Gasteiger partial charge >= 0.3 is 0 Å². The molecule has 1 aromatic rings. The Balaban J connectivity index is 1.62. The minimum absolute atomic E-state index is 0.238. The van der Waals surface area contributed by atoms with Crippen LogP contribution in [-0.2, 0) is 0 Å². The lowest BCUT2D eigenvalue weighted by atomic mass is 9.84. The molecule has 82 valence electrons. The van der Waals surface area contributed by atoms with Gasteiger partial charge in [0.25, 0.3) is 0 Å². The van der Waals surface area contributed by atoms with E-state index in [4.69, 9.17) is 5.73 Å². The van der Waals surface area contributed by atoms with E-state index in [2.05, 4.69) is 4.98 Å². The Morgan fingerprint density at radius 2 is 2.40 bits per heavy atom. The van der Waals surface area contributed by atoms with Gasteiger partial charge in [-0.15, -0.1) is 11.3 Å². The number of rotatable bonds is 3. The number of aromatic nitrogens is 1. The Kier molecular flexibility index (Phi) is 2.53. The van der Waals surface area contributed by atoms with Gasteiger partial charge in [-0.2, -0.15) is 0 Å². The van der Waals surface area contributed by atoms with Crippen molar-refractivity contribution in [2.45, 2.75) is 38.1 Å². The highest BCUT2D eigenvalue weighted by Gasteiger charge is 2.39. The SMILES string of the molecule is NC(CC1CC2CCC1C2)c1cncs1. The van der Waals surface area contributed by atoms with Gasteiger partial charge in [0.05, 0.1) is 5.51 Å². The number of hydrogen-bond acceptors (Lipinski definition) is 3. The summed E-state index contributed by atoms with van der Waals surface area (Å²) in [6.07, 6.45) is 8.99. The summed E-state index contributed by atoms with van der Waals surface area (Å²) in [6, 6.07) is 0.238. The summed E-state index contributed by atoms with van der Waals surface area (Å²) in [5.41, 5.74) is 8.11. The predicted octanol–water partition coefficient (Wildman–Crippen LogP) is 2.97. The molecular weight excluding hydrogens is 204 g/mol. The molecular formula is C12H18N2S. The third kappa shape index (κ3) is 1.83. The van der Waals surface area contributed by atoms with Gasteiger partial charge in [0.1, 0.15) is 0 Å². The molecule has 2 saturated carbocycles. The first kappa shape index (κ1) is 9.79. The van der Waals surface area contributed by atoms with Crippen molar-refractivity contribution >= 4 is 11.3 Å². The second kappa shape index (κ2) is 3.87. The molecule has 2 N–H and O–H groups in total. The van der Waals surface area contributed by atoms with E-state index in [0.717, 1.165) is 17.8 Å². The van der Waals surface area contributed by atoms with Gasteiger partial charge < -0.3 is 5.73 Å². The van der Waals surface area contributed by atoms with E-state index in [-0.39, 0.29) is 6.04 Å². The topological polar surface area (TPSA) is 38.9 Å². The van der Waals surface area contributed by atoms with E-state index in [1.54, 1.807) is 11.3 Å². The average Bonchev–Trinajstić information content (AvgIpc) is 2.95. The van der Waals surface area contributed by atoms with Gasteiger partial charge in [-0.05, 0) is 43.4 Å². The highest BCUT2D eigenvalue weighted by Crippen LogP contribution is 2.50. The summed E-state index contributed by atoms with van der Waals surface area (Å²) < 4.78 is 0. The summed E-state index contributed by atoms with van der Waals surface area (Å²) in [7, 11) is 0. The third-order valence-corrected chi connectivity index (χ3v) is 5.17. The summed E-state index contributed by atoms with van der Waals surface area (Å²) in [6.45, 7) is 0. The number of nitrogens with two attached hydrogens (primary N) is 1. The summed E-state index contributed by atoms with van der Waals surface area (Å²) in [4.78, 5) is 5.37. The van der Waals surface area contributed by atoms with Gasteiger partial charge in [0, 0.05) is 17.1 Å². The summed E-state index contributed by atoms with van der Waals surface area (Å²) >= 11 is 1.70. The van der Waals surface area contributed by atoms with Crippen molar-refractivity contribution in [2.75, 3.05) is 0 Å². The quantitative estimate of drug-likeness (QED) is 0.854. The van der Waals surface area contributed by atoms with E-state index in [1.807, 2.05) is 11.7 Å². The number of thiazole rings is 1. The minimum Gasteiger partial charge on any atom is -0.323 e. The van der Waals surface area contributed by atoms with E-state index >= 15 is 0 Å². The highest BCUT2D eigenvalue weighted by atomic mass is 32.1. The summed E-state index contributed by atoms with van der Waals surface area (Å²) in [5, 5.41) is 0. The molecule has 4 unspecified atom stereocenters. The van der Waals surface area contributed by atoms with Crippen LogP contribution in [0.5, 0.6) is 0 Å². The van der Waals surface area contributed by atoms with Crippen LogP contribution in [0.15, 0.2) is 11.7 Å². The monoisotopic (exact) mass is 222 g/mol. The zero-order valence-electron chi connectivity index (χ0n) is 8.93. The Morgan fingerprint density at radius 1 is 1.47 bits per heavy atom. The fourth-order valence-corrected chi connectivity index (χ4v) is 4.15. The first-order valence-corrected chi connectivity index (χ1v) is 6.85. The highest BCUT2D eigenvalue weighted by molar-refractivity contribution is 7.09. The van der Waals surface area contributed by atoms with Crippen LogP contribution in [-0.4, -0.2) is 4.98 Å². The van der Waals surface area contributed by atoms with Crippen molar-refractivity contribution < 1.29 is 0 Å². The lowest BCUT2D eigenvalue weighted by Crippen LogP contribution is -2.18. The zero-order chi connectivity index (χ0) is 10.3. The van der Waals surface area contributed by atoms with Crippen molar-refractivity contribution in [3.8, 4) is 0 Å². The average molecular weight is 222 g/mol. The molecule has 0 aromatic carbocycles. The maximum atomic E-state index is 6.22. The first-order chi connectivity index (χ1) is 7.33. The molecule has 2 aliphatic rings. The lowest BCUT2D eigenvalue weighted by molar-refractivity contribution is 0.297. The molecule has 0 amide bonds. The van der Waals surface area contributed by atoms with Crippen LogP contribution in [0.3, 0.4) is 0 Å². The molecule has 1 heterocycles. The normalized spacial score (nSPS) is 35.9. The van der Waals surface area contributed by atoms with Crippen molar-refractivity contribution in [1.82, 2.24) is 4.98 Å². The fraction of sp³-hybridized carbons (Fsp3) is 0.750. The minimum atomic E-state index is 0.238. The maximum absolute atomic E-state index is 6.22. The van der Waals surface area contributed by atoms with E-state index < -0.39 is 0 Å². The Labute approximate surface area is 94.9 Å². The second-order valence-electron chi connectivity index (χ2n) is 5.18. The summed E-state index contributed by atoms with van der Waals surface area (Å²) in [5.74, 6) is 2.93. The van der Waals surface area contributed by atoms with Gasteiger partial charge in [-0.25, -0.2) is 0 Å². The number of fused-ring (bicyclic) bond motifs is 2. The number of hydrogen-bond donors (Lipinski definition) is 1. The van der Waals surface area contributed by atoms with Crippen molar-refractivity contribution in [2.24, 2.45) is 23.5 Å². The van der Waals surface area contributed by atoms with E-state index in [1.165, 1.54) is 37.0 Å². The van der Waals surface area contributed by atoms with Crippen LogP contribution >= 0.6 is 11.3 Å². The van der Waals surface area contributed by atoms with Crippen LogP contribution in [0.1, 0.15) is 43.0 Å². The Morgan fingerprint density at radius 3 is 3.00 bits per heavy atom. The predicted molar refractivity (Wildman–Crippen MR) is 62.6 cm³/mol. The van der Waals surface area contributed by atoms with Crippen LogP contribution < -0.4 is 5.73 Å². The molecule has 0 saturated heterocycles. The molecule has 2 fully saturated rings. The molecule has 2 aliphatic carbocycles. The standard InChI is InChI=1S/C12H18N2S/c13-11(12-6-14-7-15-12)5-10-4-8-1-2-9(10)3-8/h6-11H,1-5,13H2. The fourth-order valence-electron chi connectivity index (χ4n) is 3.52. The molecule has 3 rings (SSSR count). The molecule has 15 heavy (non-hydrogen) atoms. The molecule has 2 nitrogen and oxygen atoms in total. The van der Waals surface area contributed by atoms with Crippen molar-refractivity contribution in [3.05, 3.63) is 16.6 Å². The molecule has 2 bridgehead atoms. The van der Waals surface area contributed by atoms with E-state index in [0.29, 0.717) is 0 Å². The third-order valence-electron chi connectivity index (χ3n) is 4.26. The zero-order valence-corrected chi connectivity index (χ0v) is 9.75. The van der Waals surface area contributed by atoms with Crippen molar-refractivity contribution in [1.29, 1.82) is 0 Å². The van der Waals surface area contributed by atoms with Crippen LogP contribution in [0, 0.1) is 17.8 Å². The van der Waals surface area contributed by atoms with Crippen LogP contribution in [0.25, 0.3) is 0 Å². The maximum Gasteiger partial charge on any atom is 0.0794 e. The molecule has 4 atom stereocenters. The van der Waals surface area contributed by atoms with Gasteiger partial charge in [0.2, 0.25) is 0 Å². The smallest absolute Gasteiger partial charge is 0.0794 e. The van der Waals surface area contributed by atoms with Crippen LogP contribution in [0.4, 0.5) is 0 Å². The van der Waals surface area contributed by atoms with Crippen LogP contribution in [0.2, 0.25) is 0 Å². The first-order valence-electron chi connectivity index (χ1n) is 5.97. The molecule has 3 heteroatoms. The number of nitrogens with zero attached hydrogens (tertiary/aromatic N) is 1. The largest absolute Gasteiger partial charge is 0.323 e. The van der Waals surface area contributed by atoms with E-state index in [9.17, 15) is 0 Å². The molecule has 0 radical (unpaired) electrons. The van der Waals surface area contributed by atoms with Crippen molar-refractivity contribution in [3.63, 3.8) is 0 Å². The van der Waals surface area contributed by atoms with Gasteiger partial charge in [0.15, 0.2) is 0 Å². The molecule has 1 aromatic heterocycles. The van der Waals surface area contributed by atoms with Gasteiger partial charge in [-0.1, -0.05) is 6.42 Å². The Hall–Kier alpha value is -0.410. The Bertz CT molecular complexity index is 322. The lowest BCUT2D eigenvalue weighted by Gasteiger charge is -2.24. The second-order valence-corrected chi connectivity index (χ2v) is 6.10. The molecule has 0 aliphatic heterocycles. The van der Waals surface area contributed by atoms with Gasteiger partial charge in [-0.3, -0.25) is 4.98 Å².